The van der Waals surface area contributed by atoms with E-state index < -0.39 is 0 Å². The van der Waals surface area contributed by atoms with Crippen molar-refractivity contribution in [3.8, 4) is 5.69 Å². The summed E-state index contributed by atoms with van der Waals surface area (Å²) in [7, 11) is 0. The average molecular weight is 454 g/mol. The second kappa shape index (κ2) is 10.0. The molecule has 1 aromatic heterocycles. The lowest BCUT2D eigenvalue weighted by Crippen LogP contribution is -2.40. The SMILES string of the molecule is CCC(c1nc2ccccc2c(=O)n1-c1cccc(C)c1)N(Cc1ccccc1)C(=O)C(C)C. The maximum Gasteiger partial charge on any atom is 0.266 e. The molecule has 1 atom stereocenters. The molecule has 3 aromatic carbocycles. The first-order chi connectivity index (χ1) is 16.4. The van der Waals surface area contributed by atoms with Crippen LogP contribution < -0.4 is 5.56 Å². The van der Waals surface area contributed by atoms with Crippen LogP contribution in [-0.2, 0) is 11.3 Å². The Morgan fingerprint density at radius 3 is 2.35 bits per heavy atom. The van der Waals surface area contributed by atoms with Crippen LogP contribution in [0.3, 0.4) is 0 Å². The van der Waals surface area contributed by atoms with Gasteiger partial charge in [0.1, 0.15) is 5.82 Å². The number of fused-ring (bicyclic) bond motifs is 1. The number of benzene rings is 3. The molecule has 0 N–H and O–H groups in total. The molecule has 0 spiro atoms. The predicted molar refractivity (Wildman–Crippen MR) is 137 cm³/mol. The highest BCUT2D eigenvalue weighted by Gasteiger charge is 2.30. The molecule has 1 amide bonds. The van der Waals surface area contributed by atoms with E-state index in [1.165, 1.54) is 0 Å². The number of aryl methyl sites for hydroxylation is 1. The van der Waals surface area contributed by atoms with Crippen LogP contribution in [0.4, 0.5) is 0 Å². The summed E-state index contributed by atoms with van der Waals surface area (Å²) in [5, 5.41) is 0.562. The molecule has 4 aromatic rings. The van der Waals surface area contributed by atoms with Gasteiger partial charge >= 0.3 is 0 Å². The first kappa shape index (κ1) is 23.4. The van der Waals surface area contributed by atoms with Gasteiger partial charge in [-0.15, -0.1) is 0 Å². The number of para-hydroxylation sites is 1. The molecular weight excluding hydrogens is 422 g/mol. The van der Waals surface area contributed by atoms with Crippen molar-refractivity contribution in [2.24, 2.45) is 5.92 Å². The lowest BCUT2D eigenvalue weighted by molar-refractivity contribution is -0.138. The highest BCUT2D eigenvalue weighted by molar-refractivity contribution is 5.80. The van der Waals surface area contributed by atoms with E-state index in [1.54, 1.807) is 4.57 Å². The summed E-state index contributed by atoms with van der Waals surface area (Å²) in [5.74, 6) is 0.438. The van der Waals surface area contributed by atoms with Crippen LogP contribution in [0.1, 0.15) is 50.2 Å². The van der Waals surface area contributed by atoms with E-state index in [1.807, 2.05) is 111 Å². The summed E-state index contributed by atoms with van der Waals surface area (Å²) in [6, 6.07) is 24.9. The van der Waals surface area contributed by atoms with Crippen molar-refractivity contribution in [2.75, 3.05) is 0 Å². The van der Waals surface area contributed by atoms with Gasteiger partial charge in [-0.05, 0) is 48.7 Å². The van der Waals surface area contributed by atoms with E-state index in [0.717, 1.165) is 16.8 Å². The molecule has 0 saturated carbocycles. The molecule has 1 unspecified atom stereocenters. The molecule has 0 radical (unpaired) electrons. The number of aromatic nitrogens is 2. The Labute approximate surface area is 200 Å². The summed E-state index contributed by atoms with van der Waals surface area (Å²) < 4.78 is 1.69. The fourth-order valence-electron chi connectivity index (χ4n) is 4.39. The lowest BCUT2D eigenvalue weighted by atomic mass is 10.0. The summed E-state index contributed by atoms with van der Waals surface area (Å²) in [6.07, 6.45) is 0.627. The van der Waals surface area contributed by atoms with Crippen molar-refractivity contribution >= 4 is 16.8 Å². The van der Waals surface area contributed by atoms with Crippen LogP contribution in [0.2, 0.25) is 0 Å². The Balaban J connectivity index is 1.96. The number of hydrogen-bond acceptors (Lipinski definition) is 3. The fraction of sp³-hybridized carbons (Fsp3) is 0.276. The van der Waals surface area contributed by atoms with Crippen molar-refractivity contribution in [2.45, 2.75) is 46.7 Å². The first-order valence-electron chi connectivity index (χ1n) is 11.8. The van der Waals surface area contributed by atoms with Crippen molar-refractivity contribution in [3.63, 3.8) is 0 Å². The second-order valence-electron chi connectivity index (χ2n) is 9.00. The van der Waals surface area contributed by atoms with Gasteiger partial charge in [-0.2, -0.15) is 0 Å². The first-order valence-corrected chi connectivity index (χ1v) is 11.8. The van der Waals surface area contributed by atoms with Gasteiger partial charge in [0.25, 0.3) is 5.56 Å². The Kier molecular flexibility index (Phi) is 6.92. The summed E-state index contributed by atoms with van der Waals surface area (Å²) in [5.41, 5.74) is 3.37. The zero-order valence-electron chi connectivity index (χ0n) is 20.2. The standard InChI is InChI=1S/C29H31N3O2/c1-5-26(31(28(33)20(2)3)19-22-13-7-6-8-14-22)27-30-25-17-10-9-16-24(25)29(34)32(27)23-15-11-12-21(4)18-23/h6-18,20,26H,5,19H2,1-4H3. The number of rotatable bonds is 7. The minimum absolute atomic E-state index is 0.0360. The molecule has 0 saturated heterocycles. The van der Waals surface area contributed by atoms with Crippen LogP contribution in [0.25, 0.3) is 16.6 Å². The molecule has 34 heavy (non-hydrogen) atoms. The molecule has 0 aliphatic rings. The largest absolute Gasteiger partial charge is 0.328 e. The van der Waals surface area contributed by atoms with Crippen molar-refractivity contribution < 1.29 is 4.79 Å². The zero-order valence-corrected chi connectivity index (χ0v) is 20.2. The smallest absolute Gasteiger partial charge is 0.266 e. The van der Waals surface area contributed by atoms with E-state index in [9.17, 15) is 9.59 Å². The van der Waals surface area contributed by atoms with Gasteiger partial charge in [0.15, 0.2) is 0 Å². The summed E-state index contributed by atoms with van der Waals surface area (Å²) in [6.45, 7) is 8.32. The number of nitrogens with zero attached hydrogens (tertiary/aromatic N) is 3. The molecule has 0 aliphatic heterocycles. The summed E-state index contributed by atoms with van der Waals surface area (Å²) in [4.78, 5) is 34.1. The predicted octanol–water partition coefficient (Wildman–Crippen LogP) is 5.83. The van der Waals surface area contributed by atoms with E-state index in [4.69, 9.17) is 4.98 Å². The van der Waals surface area contributed by atoms with Gasteiger partial charge < -0.3 is 4.90 Å². The number of amides is 1. The molecule has 0 fully saturated rings. The van der Waals surface area contributed by atoms with E-state index in [0.29, 0.717) is 29.7 Å². The molecule has 5 nitrogen and oxygen atoms in total. The van der Waals surface area contributed by atoms with E-state index in [-0.39, 0.29) is 23.4 Å². The van der Waals surface area contributed by atoms with Gasteiger partial charge in [-0.25, -0.2) is 4.98 Å². The van der Waals surface area contributed by atoms with Crippen LogP contribution >= 0.6 is 0 Å². The molecule has 0 bridgehead atoms. The highest BCUT2D eigenvalue weighted by Crippen LogP contribution is 2.29. The fourth-order valence-corrected chi connectivity index (χ4v) is 4.39. The van der Waals surface area contributed by atoms with Gasteiger partial charge in [0.05, 0.1) is 22.6 Å². The molecule has 5 heteroatoms. The molecule has 174 valence electrons. The van der Waals surface area contributed by atoms with Crippen molar-refractivity contribution in [1.82, 2.24) is 14.5 Å². The zero-order chi connectivity index (χ0) is 24.2. The maximum absolute atomic E-state index is 13.8. The van der Waals surface area contributed by atoms with Gasteiger partial charge in [-0.1, -0.05) is 75.4 Å². The second-order valence-corrected chi connectivity index (χ2v) is 9.00. The Morgan fingerprint density at radius 2 is 1.68 bits per heavy atom. The normalized spacial score (nSPS) is 12.1. The molecule has 1 heterocycles. The third-order valence-electron chi connectivity index (χ3n) is 6.10. The van der Waals surface area contributed by atoms with Gasteiger partial charge in [0.2, 0.25) is 5.91 Å². The van der Waals surface area contributed by atoms with Crippen LogP contribution in [0.15, 0.2) is 83.7 Å². The van der Waals surface area contributed by atoms with Crippen LogP contribution in [0.5, 0.6) is 0 Å². The Hall–Kier alpha value is -3.73. The summed E-state index contributed by atoms with van der Waals surface area (Å²) >= 11 is 0. The van der Waals surface area contributed by atoms with E-state index in [2.05, 4.69) is 0 Å². The third kappa shape index (κ3) is 4.65. The maximum atomic E-state index is 13.8. The molecule has 4 rings (SSSR count). The van der Waals surface area contributed by atoms with E-state index >= 15 is 0 Å². The number of carbonyl (C=O) groups is 1. The van der Waals surface area contributed by atoms with Crippen molar-refractivity contribution in [3.05, 3.63) is 106 Å². The minimum atomic E-state index is -0.368. The van der Waals surface area contributed by atoms with Crippen LogP contribution in [-0.4, -0.2) is 20.4 Å². The molecular formula is C29H31N3O2. The van der Waals surface area contributed by atoms with Crippen molar-refractivity contribution in [1.29, 1.82) is 0 Å². The average Bonchev–Trinajstić information content (AvgIpc) is 2.84. The quantitative estimate of drug-likeness (QED) is 0.354. The monoisotopic (exact) mass is 453 g/mol. The number of carbonyl (C=O) groups excluding carboxylic acids is 1. The Bertz CT molecular complexity index is 1360. The van der Waals surface area contributed by atoms with Gasteiger partial charge in [0, 0.05) is 12.5 Å². The third-order valence-corrected chi connectivity index (χ3v) is 6.10. The minimum Gasteiger partial charge on any atom is -0.328 e. The molecule has 0 aliphatic carbocycles. The lowest BCUT2D eigenvalue weighted by Gasteiger charge is -2.33. The van der Waals surface area contributed by atoms with Crippen LogP contribution in [0, 0.1) is 12.8 Å². The number of hydrogen-bond donors (Lipinski definition) is 0. The van der Waals surface area contributed by atoms with Gasteiger partial charge in [-0.3, -0.25) is 14.2 Å². The topological polar surface area (TPSA) is 55.2 Å². The Morgan fingerprint density at radius 1 is 0.971 bits per heavy atom. The highest BCUT2D eigenvalue weighted by atomic mass is 16.2.